The second-order valence-electron chi connectivity index (χ2n) is 7.25. The molecule has 1 unspecified atom stereocenters. The molecule has 0 fully saturated rings. The van der Waals surface area contributed by atoms with Crippen LogP contribution in [0.5, 0.6) is 11.5 Å². The average molecular weight is 367 g/mol. The van der Waals surface area contributed by atoms with Crippen LogP contribution in [0, 0.1) is 0 Å². The number of aliphatic hydroxyl groups excluding tert-OH is 1. The summed E-state index contributed by atoms with van der Waals surface area (Å²) in [6, 6.07) is 3.45. The van der Waals surface area contributed by atoms with Crippen molar-refractivity contribution < 1.29 is 24.2 Å². The van der Waals surface area contributed by atoms with Gasteiger partial charge in [0.15, 0.2) is 0 Å². The van der Waals surface area contributed by atoms with E-state index in [9.17, 15) is 15.0 Å². The van der Waals surface area contributed by atoms with Crippen molar-refractivity contribution in [2.45, 2.75) is 58.7 Å². The lowest BCUT2D eigenvalue weighted by molar-refractivity contribution is -0.133. The van der Waals surface area contributed by atoms with Gasteiger partial charge in [0.25, 0.3) is 0 Å². The number of ether oxygens (including phenoxy) is 1. The lowest BCUT2D eigenvalue weighted by Gasteiger charge is -2.29. The molecule has 0 aliphatic heterocycles. The van der Waals surface area contributed by atoms with E-state index in [1.54, 1.807) is 19.2 Å². The monoisotopic (exact) mass is 366 g/mol. The first-order chi connectivity index (χ1) is 11.5. The Morgan fingerprint density at radius 2 is 1.92 bits per heavy atom. The number of carboxylic acid groups (broad SMARTS) is 1. The molecule has 1 aromatic carbocycles. The molecule has 5 nitrogen and oxygen atoms in total. The highest BCUT2D eigenvalue weighted by molar-refractivity contribution is 6.49. The molecule has 0 aliphatic rings. The summed E-state index contributed by atoms with van der Waals surface area (Å²) in [6.45, 7) is 12.0. The van der Waals surface area contributed by atoms with Gasteiger partial charge in [-0.05, 0) is 37.1 Å². The molecule has 1 aromatic rings. The van der Waals surface area contributed by atoms with E-state index in [-0.39, 0.29) is 11.0 Å². The average Bonchev–Trinajstić information content (AvgIpc) is 2.49. The fourth-order valence-electron chi connectivity index (χ4n) is 2.74. The third-order valence-electron chi connectivity index (χ3n) is 3.73. The van der Waals surface area contributed by atoms with Gasteiger partial charge in [0.05, 0.1) is 12.7 Å². The van der Waals surface area contributed by atoms with Gasteiger partial charge in [-0.25, -0.2) is 4.79 Å². The van der Waals surface area contributed by atoms with E-state index in [4.69, 9.17) is 9.16 Å². The highest BCUT2D eigenvalue weighted by Gasteiger charge is 2.31. The lowest BCUT2D eigenvalue weighted by Crippen LogP contribution is -2.22. The molecule has 0 amide bonds. The molecule has 25 heavy (non-hydrogen) atoms. The minimum atomic E-state index is -1.50. The molecule has 0 radical (unpaired) electrons. The molecule has 1 rings (SSSR count). The molecular weight excluding hydrogens is 336 g/mol. The van der Waals surface area contributed by atoms with Gasteiger partial charge in [0, 0.05) is 11.1 Å². The van der Waals surface area contributed by atoms with E-state index in [1.165, 1.54) is 6.08 Å². The van der Waals surface area contributed by atoms with E-state index in [2.05, 4.69) is 0 Å². The van der Waals surface area contributed by atoms with Gasteiger partial charge in [-0.2, -0.15) is 0 Å². The van der Waals surface area contributed by atoms with Crippen LogP contribution in [0.4, 0.5) is 0 Å². The summed E-state index contributed by atoms with van der Waals surface area (Å²) < 4.78 is 11.7. The van der Waals surface area contributed by atoms with Crippen LogP contribution in [-0.2, 0) is 10.2 Å². The number of carbonyl (C=O) groups is 1. The molecule has 0 bridgehead atoms. The molecule has 140 valence electrons. The standard InChI is InChI=1S/C19H30O5Si/c1-8-9-13(18(21)22)16(20)12-10-11-14(23-5)15(19(2,3)4)17(12)24-25(6)7/h9-11,16,20,25H,8H2,1-7H3,(H,21,22). The Labute approximate surface area is 152 Å². The number of rotatable bonds is 7. The minimum absolute atomic E-state index is 0.0391. The van der Waals surface area contributed by atoms with Crippen LogP contribution < -0.4 is 9.16 Å². The maximum atomic E-state index is 11.6. The maximum absolute atomic E-state index is 11.6. The smallest absolute Gasteiger partial charge is 0.334 e. The SMILES string of the molecule is CCC=C(C(=O)O)C(O)c1ccc(OC)c(C(C)(C)C)c1O[SiH](C)C. The second kappa shape index (κ2) is 8.54. The fourth-order valence-corrected chi connectivity index (χ4v) is 3.47. The number of allylic oxidation sites excluding steroid dienone is 1. The summed E-state index contributed by atoms with van der Waals surface area (Å²) in [4.78, 5) is 11.6. The summed E-state index contributed by atoms with van der Waals surface area (Å²) >= 11 is 0. The highest BCUT2D eigenvalue weighted by Crippen LogP contribution is 2.44. The van der Waals surface area contributed by atoms with Crippen molar-refractivity contribution in [1.82, 2.24) is 0 Å². The van der Waals surface area contributed by atoms with Crippen molar-refractivity contribution in [3.8, 4) is 11.5 Å². The van der Waals surface area contributed by atoms with Crippen molar-refractivity contribution in [3.05, 3.63) is 34.9 Å². The van der Waals surface area contributed by atoms with Crippen molar-refractivity contribution in [3.63, 3.8) is 0 Å². The molecule has 6 heteroatoms. The lowest BCUT2D eigenvalue weighted by atomic mass is 9.83. The van der Waals surface area contributed by atoms with Crippen LogP contribution in [0.1, 0.15) is 51.3 Å². The molecule has 1 atom stereocenters. The second-order valence-corrected chi connectivity index (χ2v) is 9.59. The van der Waals surface area contributed by atoms with Gasteiger partial charge in [-0.3, -0.25) is 0 Å². The fraction of sp³-hybridized carbons (Fsp3) is 0.526. The number of aliphatic carboxylic acids is 1. The van der Waals surface area contributed by atoms with Gasteiger partial charge in [-0.15, -0.1) is 0 Å². The zero-order valence-corrected chi connectivity index (χ0v) is 17.4. The van der Waals surface area contributed by atoms with Crippen molar-refractivity contribution in [2.75, 3.05) is 7.11 Å². The number of hydrogen-bond donors (Lipinski definition) is 2. The summed E-state index contributed by atoms with van der Waals surface area (Å²) in [5.74, 6) is 0.0870. The third kappa shape index (κ3) is 5.09. The number of aliphatic hydroxyl groups is 1. The van der Waals surface area contributed by atoms with Gasteiger partial charge < -0.3 is 19.4 Å². The molecule has 0 heterocycles. The summed E-state index contributed by atoms with van der Waals surface area (Å²) in [5, 5.41) is 20.2. The number of hydrogen-bond acceptors (Lipinski definition) is 4. The largest absolute Gasteiger partial charge is 0.546 e. The number of benzene rings is 1. The topological polar surface area (TPSA) is 76.0 Å². The maximum Gasteiger partial charge on any atom is 0.334 e. The molecule has 0 aromatic heterocycles. The molecule has 0 saturated carbocycles. The van der Waals surface area contributed by atoms with E-state index in [1.807, 2.05) is 40.8 Å². The normalized spacial score (nSPS) is 13.7. The van der Waals surface area contributed by atoms with Crippen molar-refractivity contribution >= 4 is 15.0 Å². The summed E-state index contributed by atoms with van der Waals surface area (Å²) in [6.07, 6.45) is 0.799. The van der Waals surface area contributed by atoms with E-state index in [0.29, 0.717) is 23.5 Å². The van der Waals surface area contributed by atoms with Gasteiger partial charge in [0.2, 0.25) is 9.04 Å². The Hall–Kier alpha value is -1.79. The Balaban J connectivity index is 3.70. The Bertz CT molecular complexity index is 644. The molecule has 0 spiro atoms. The van der Waals surface area contributed by atoms with Crippen molar-refractivity contribution in [2.24, 2.45) is 0 Å². The van der Waals surface area contributed by atoms with Gasteiger partial charge in [-0.1, -0.05) is 33.8 Å². The number of carboxylic acids is 1. The zero-order valence-electron chi connectivity index (χ0n) is 16.2. The van der Waals surface area contributed by atoms with E-state index in [0.717, 1.165) is 5.56 Å². The number of methoxy groups -OCH3 is 1. The van der Waals surface area contributed by atoms with Crippen LogP contribution in [-0.4, -0.2) is 32.3 Å². The van der Waals surface area contributed by atoms with Crippen LogP contribution in [0.25, 0.3) is 0 Å². The zero-order chi connectivity index (χ0) is 19.4. The van der Waals surface area contributed by atoms with Crippen LogP contribution >= 0.6 is 0 Å². The van der Waals surface area contributed by atoms with Crippen molar-refractivity contribution in [1.29, 1.82) is 0 Å². The quantitative estimate of drug-likeness (QED) is 0.567. The first-order valence-corrected chi connectivity index (χ1v) is 11.3. The summed E-state index contributed by atoms with van der Waals surface area (Å²) in [5.41, 5.74) is 0.975. The van der Waals surface area contributed by atoms with E-state index < -0.39 is 21.1 Å². The van der Waals surface area contributed by atoms with Gasteiger partial charge in [0.1, 0.15) is 17.6 Å². The predicted molar refractivity (Wildman–Crippen MR) is 102 cm³/mol. The first kappa shape index (κ1) is 21.2. The highest BCUT2D eigenvalue weighted by atomic mass is 28.3. The minimum Gasteiger partial charge on any atom is -0.546 e. The van der Waals surface area contributed by atoms with E-state index >= 15 is 0 Å². The summed E-state index contributed by atoms with van der Waals surface area (Å²) in [7, 11) is 0.0905. The Kier molecular flexibility index (Phi) is 7.25. The first-order valence-electron chi connectivity index (χ1n) is 8.53. The molecular formula is C19H30O5Si. The Morgan fingerprint density at radius 1 is 1.32 bits per heavy atom. The molecule has 2 N–H and O–H groups in total. The van der Waals surface area contributed by atoms with Gasteiger partial charge >= 0.3 is 5.97 Å². The van der Waals surface area contributed by atoms with Crippen LogP contribution in [0.2, 0.25) is 13.1 Å². The van der Waals surface area contributed by atoms with Crippen LogP contribution in [0.15, 0.2) is 23.8 Å². The Morgan fingerprint density at radius 3 is 2.32 bits per heavy atom. The molecule has 0 saturated heterocycles. The third-order valence-corrected chi connectivity index (χ3v) is 4.44. The molecule has 0 aliphatic carbocycles. The predicted octanol–water partition coefficient (Wildman–Crippen LogP) is 3.81. The van der Waals surface area contributed by atoms with Crippen LogP contribution in [0.3, 0.4) is 0 Å².